The van der Waals surface area contributed by atoms with Crippen LogP contribution in [0, 0.1) is 0 Å². The first kappa shape index (κ1) is 16.4. The monoisotopic (exact) mass is 290 g/mol. The standard InChI is InChI=1S/C13H17F3N2O2/c1-3-12(2,6-7-19)18-11(20)9-4-5-10(17-8-9)13(14,15)16/h4-5,8,19H,3,6-7H2,1-2H3,(H,18,20). The number of hydrogen-bond donors (Lipinski definition) is 2. The summed E-state index contributed by atoms with van der Waals surface area (Å²) >= 11 is 0. The molecule has 0 aliphatic heterocycles. The van der Waals surface area contributed by atoms with Gasteiger partial charge < -0.3 is 10.4 Å². The van der Waals surface area contributed by atoms with Crippen molar-refractivity contribution >= 4 is 5.91 Å². The number of aromatic nitrogens is 1. The Bertz CT molecular complexity index is 460. The molecule has 0 saturated heterocycles. The number of halogens is 3. The van der Waals surface area contributed by atoms with E-state index >= 15 is 0 Å². The number of aliphatic hydroxyl groups excluding tert-OH is 1. The molecule has 1 aromatic heterocycles. The number of alkyl halides is 3. The van der Waals surface area contributed by atoms with Gasteiger partial charge in [-0.3, -0.25) is 9.78 Å². The molecule has 7 heteroatoms. The van der Waals surface area contributed by atoms with Crippen molar-refractivity contribution in [2.24, 2.45) is 0 Å². The van der Waals surface area contributed by atoms with Gasteiger partial charge in [-0.15, -0.1) is 0 Å². The average Bonchev–Trinajstić information content (AvgIpc) is 2.38. The Labute approximate surface area is 115 Å². The van der Waals surface area contributed by atoms with Crippen LogP contribution < -0.4 is 5.32 Å². The second-order valence-corrected chi connectivity index (χ2v) is 4.77. The van der Waals surface area contributed by atoms with Crippen molar-refractivity contribution in [3.63, 3.8) is 0 Å². The number of carbonyl (C=O) groups excluding carboxylic acids is 1. The van der Waals surface area contributed by atoms with Crippen molar-refractivity contribution < 1.29 is 23.1 Å². The fraction of sp³-hybridized carbons (Fsp3) is 0.538. The van der Waals surface area contributed by atoms with Crippen LogP contribution in [0.4, 0.5) is 13.2 Å². The minimum atomic E-state index is -4.52. The third kappa shape index (κ3) is 4.19. The van der Waals surface area contributed by atoms with Gasteiger partial charge in [0.05, 0.1) is 5.56 Å². The van der Waals surface area contributed by atoms with Crippen molar-refractivity contribution in [3.05, 3.63) is 29.6 Å². The Morgan fingerprint density at radius 2 is 2.05 bits per heavy atom. The van der Waals surface area contributed by atoms with E-state index in [1.807, 2.05) is 6.92 Å². The molecule has 112 valence electrons. The van der Waals surface area contributed by atoms with Crippen LogP contribution in [0.2, 0.25) is 0 Å². The van der Waals surface area contributed by atoms with E-state index in [2.05, 4.69) is 10.3 Å². The van der Waals surface area contributed by atoms with Crippen molar-refractivity contribution in [1.29, 1.82) is 0 Å². The minimum Gasteiger partial charge on any atom is -0.396 e. The highest BCUT2D eigenvalue weighted by atomic mass is 19.4. The molecule has 1 rings (SSSR count). The highest BCUT2D eigenvalue weighted by Crippen LogP contribution is 2.27. The van der Waals surface area contributed by atoms with Gasteiger partial charge in [-0.05, 0) is 31.9 Å². The third-order valence-corrected chi connectivity index (χ3v) is 3.18. The topological polar surface area (TPSA) is 62.2 Å². The average molecular weight is 290 g/mol. The maximum absolute atomic E-state index is 12.4. The normalized spacial score (nSPS) is 14.7. The van der Waals surface area contributed by atoms with E-state index in [0.29, 0.717) is 12.8 Å². The summed E-state index contributed by atoms with van der Waals surface area (Å²) in [5, 5.41) is 11.7. The van der Waals surface area contributed by atoms with Gasteiger partial charge in [0.25, 0.3) is 5.91 Å². The number of hydrogen-bond acceptors (Lipinski definition) is 3. The molecule has 1 unspecified atom stereocenters. The van der Waals surface area contributed by atoms with E-state index in [9.17, 15) is 18.0 Å². The fourth-order valence-electron chi connectivity index (χ4n) is 1.62. The summed E-state index contributed by atoms with van der Waals surface area (Å²) in [6.07, 6.45) is -2.67. The molecule has 0 bridgehead atoms. The van der Waals surface area contributed by atoms with Crippen LogP contribution >= 0.6 is 0 Å². The van der Waals surface area contributed by atoms with E-state index in [-0.39, 0.29) is 12.2 Å². The van der Waals surface area contributed by atoms with Gasteiger partial charge in [0, 0.05) is 18.3 Å². The molecule has 0 aromatic carbocycles. The highest BCUT2D eigenvalue weighted by molar-refractivity contribution is 5.94. The van der Waals surface area contributed by atoms with Crippen molar-refractivity contribution in [1.82, 2.24) is 10.3 Å². The molecule has 1 amide bonds. The summed E-state index contributed by atoms with van der Waals surface area (Å²) in [7, 11) is 0. The zero-order chi connectivity index (χ0) is 15.4. The van der Waals surface area contributed by atoms with Gasteiger partial charge in [0.2, 0.25) is 0 Å². The summed E-state index contributed by atoms with van der Waals surface area (Å²) in [4.78, 5) is 15.2. The number of aliphatic hydroxyl groups is 1. The molecule has 0 aliphatic rings. The van der Waals surface area contributed by atoms with Gasteiger partial charge in [-0.25, -0.2) is 0 Å². The van der Waals surface area contributed by atoms with Gasteiger partial charge in [0.1, 0.15) is 5.69 Å². The second kappa shape index (κ2) is 6.21. The molecule has 0 saturated carbocycles. The summed E-state index contributed by atoms with van der Waals surface area (Å²) in [5.74, 6) is -0.510. The number of nitrogens with one attached hydrogen (secondary N) is 1. The predicted octanol–water partition coefficient (Wildman–Crippen LogP) is 2.38. The lowest BCUT2D eigenvalue weighted by Crippen LogP contribution is -2.46. The number of amides is 1. The minimum absolute atomic E-state index is 0.0515. The van der Waals surface area contributed by atoms with Gasteiger partial charge in [-0.2, -0.15) is 13.2 Å². The number of carbonyl (C=O) groups is 1. The van der Waals surface area contributed by atoms with E-state index in [0.717, 1.165) is 18.3 Å². The molecule has 20 heavy (non-hydrogen) atoms. The maximum Gasteiger partial charge on any atom is 0.433 e. The van der Waals surface area contributed by atoms with Gasteiger partial charge >= 0.3 is 6.18 Å². The SMILES string of the molecule is CCC(C)(CCO)NC(=O)c1ccc(C(F)(F)F)nc1. The van der Waals surface area contributed by atoms with Crippen LogP contribution in [-0.4, -0.2) is 28.1 Å². The largest absolute Gasteiger partial charge is 0.433 e. The molecule has 2 N–H and O–H groups in total. The summed E-state index contributed by atoms with van der Waals surface area (Å²) < 4.78 is 37.1. The van der Waals surface area contributed by atoms with Crippen LogP contribution in [0.25, 0.3) is 0 Å². The van der Waals surface area contributed by atoms with Crippen molar-refractivity contribution in [2.75, 3.05) is 6.61 Å². The van der Waals surface area contributed by atoms with Crippen LogP contribution in [-0.2, 0) is 6.18 Å². The van der Waals surface area contributed by atoms with Gasteiger partial charge in [-0.1, -0.05) is 6.92 Å². The van der Waals surface area contributed by atoms with Crippen LogP contribution in [0.3, 0.4) is 0 Å². The Balaban J connectivity index is 2.83. The van der Waals surface area contributed by atoms with Crippen LogP contribution in [0.5, 0.6) is 0 Å². The fourth-order valence-corrected chi connectivity index (χ4v) is 1.62. The molecule has 1 aromatic rings. The number of rotatable bonds is 5. The summed E-state index contributed by atoms with van der Waals surface area (Å²) in [6.45, 7) is 3.52. The number of pyridine rings is 1. The second-order valence-electron chi connectivity index (χ2n) is 4.77. The number of nitrogens with zero attached hydrogens (tertiary/aromatic N) is 1. The maximum atomic E-state index is 12.4. The molecule has 0 radical (unpaired) electrons. The summed E-state index contributed by atoms with van der Waals surface area (Å²) in [5.41, 5.74) is -1.59. The molecular weight excluding hydrogens is 273 g/mol. The first-order valence-electron chi connectivity index (χ1n) is 6.18. The van der Waals surface area contributed by atoms with Crippen molar-refractivity contribution in [2.45, 2.75) is 38.4 Å². The van der Waals surface area contributed by atoms with Crippen LogP contribution in [0.15, 0.2) is 18.3 Å². The first-order valence-corrected chi connectivity index (χ1v) is 6.18. The third-order valence-electron chi connectivity index (χ3n) is 3.18. The highest BCUT2D eigenvalue weighted by Gasteiger charge is 2.32. The van der Waals surface area contributed by atoms with Crippen molar-refractivity contribution in [3.8, 4) is 0 Å². The molecule has 1 atom stereocenters. The van der Waals surface area contributed by atoms with E-state index in [1.165, 1.54) is 0 Å². The lowest BCUT2D eigenvalue weighted by Gasteiger charge is -2.29. The zero-order valence-corrected chi connectivity index (χ0v) is 11.3. The van der Waals surface area contributed by atoms with Crippen LogP contribution in [0.1, 0.15) is 42.7 Å². The molecule has 1 heterocycles. The Hall–Kier alpha value is -1.63. The predicted molar refractivity (Wildman–Crippen MR) is 67.1 cm³/mol. The lowest BCUT2D eigenvalue weighted by molar-refractivity contribution is -0.141. The lowest BCUT2D eigenvalue weighted by atomic mass is 9.94. The van der Waals surface area contributed by atoms with E-state index < -0.39 is 23.3 Å². The Kier molecular flexibility index (Phi) is 5.10. The molecule has 0 fully saturated rings. The molecule has 0 aliphatic carbocycles. The van der Waals surface area contributed by atoms with E-state index in [1.54, 1.807) is 6.92 Å². The zero-order valence-electron chi connectivity index (χ0n) is 11.3. The van der Waals surface area contributed by atoms with Gasteiger partial charge in [0.15, 0.2) is 0 Å². The Morgan fingerprint density at radius 1 is 1.40 bits per heavy atom. The molecule has 0 spiro atoms. The first-order chi connectivity index (χ1) is 9.22. The molecule has 4 nitrogen and oxygen atoms in total. The van der Waals surface area contributed by atoms with E-state index in [4.69, 9.17) is 5.11 Å². The smallest absolute Gasteiger partial charge is 0.396 e. The molecular formula is C13H17F3N2O2. The quantitative estimate of drug-likeness (QED) is 0.875. The summed E-state index contributed by atoms with van der Waals surface area (Å²) in [6, 6.07) is 1.85. The Morgan fingerprint density at radius 3 is 2.45 bits per heavy atom.